The summed E-state index contributed by atoms with van der Waals surface area (Å²) in [7, 11) is 0. The van der Waals surface area contributed by atoms with Gasteiger partial charge in [-0.1, -0.05) is 46.8 Å². The molecule has 0 saturated carbocycles. The molecule has 1 aliphatic carbocycles. The summed E-state index contributed by atoms with van der Waals surface area (Å²) in [6, 6.07) is 8.77. The first-order valence-corrected chi connectivity index (χ1v) is 7.26. The van der Waals surface area contributed by atoms with E-state index in [-0.39, 0.29) is 10.8 Å². The van der Waals surface area contributed by atoms with Crippen LogP contribution in [0.5, 0.6) is 0 Å². The normalized spacial score (nSPS) is 22.6. The second-order valence-corrected chi connectivity index (χ2v) is 7.02. The van der Waals surface area contributed by atoms with E-state index < -0.39 is 0 Å². The Morgan fingerprint density at radius 1 is 0.950 bits per heavy atom. The molecule has 1 atom stereocenters. The number of rotatable bonds is 1. The maximum atomic E-state index is 4.37. The Bertz CT molecular complexity index is 642. The molecular weight excluding hydrogens is 244 g/mol. The van der Waals surface area contributed by atoms with Crippen LogP contribution in [0, 0.1) is 5.92 Å². The fraction of sp³-hybridized carbons (Fsp3) is 0.444. The predicted molar refractivity (Wildman–Crippen MR) is 82.7 cm³/mol. The minimum atomic E-state index is 0.196. The molecule has 2 heteroatoms. The Kier molecular flexibility index (Phi) is 2.75. The fourth-order valence-electron chi connectivity index (χ4n) is 3.63. The highest BCUT2D eigenvalue weighted by atomic mass is 14.8. The van der Waals surface area contributed by atoms with Gasteiger partial charge in [0.2, 0.25) is 0 Å². The van der Waals surface area contributed by atoms with Crippen LogP contribution < -0.4 is 0 Å². The molecule has 2 aromatic rings. The Morgan fingerprint density at radius 2 is 1.65 bits per heavy atom. The molecule has 0 radical (unpaired) electrons. The van der Waals surface area contributed by atoms with Crippen molar-refractivity contribution in [2.75, 3.05) is 0 Å². The molecule has 1 aromatic carbocycles. The van der Waals surface area contributed by atoms with Gasteiger partial charge in [0, 0.05) is 11.8 Å². The average molecular weight is 266 g/mol. The fourth-order valence-corrected chi connectivity index (χ4v) is 3.63. The summed E-state index contributed by atoms with van der Waals surface area (Å²) in [5, 5.41) is 0. The van der Waals surface area contributed by atoms with Crippen molar-refractivity contribution in [3.05, 3.63) is 47.9 Å². The number of nitrogens with zero attached hydrogens (tertiary/aromatic N) is 2. The molecule has 3 rings (SSSR count). The van der Waals surface area contributed by atoms with Crippen LogP contribution in [0.1, 0.15) is 45.7 Å². The molecule has 0 N–H and O–H groups in total. The molecule has 0 spiro atoms. The minimum Gasteiger partial charge on any atom is -0.245 e. The SMILES string of the molecule is CC1C(C)(C)c2ccc(-c3ccncn3)cc2C1(C)C. The van der Waals surface area contributed by atoms with Gasteiger partial charge in [0.1, 0.15) is 6.33 Å². The summed E-state index contributed by atoms with van der Waals surface area (Å²) in [6.45, 7) is 11.8. The van der Waals surface area contributed by atoms with Gasteiger partial charge >= 0.3 is 0 Å². The number of hydrogen-bond acceptors (Lipinski definition) is 2. The van der Waals surface area contributed by atoms with Gasteiger partial charge in [-0.2, -0.15) is 0 Å². The molecule has 0 amide bonds. The van der Waals surface area contributed by atoms with E-state index in [2.05, 4.69) is 62.8 Å². The van der Waals surface area contributed by atoms with Crippen molar-refractivity contribution in [1.82, 2.24) is 9.97 Å². The molecule has 0 aliphatic heterocycles. The van der Waals surface area contributed by atoms with Crippen LogP contribution in [-0.2, 0) is 10.8 Å². The van der Waals surface area contributed by atoms with Crippen LogP contribution in [0.15, 0.2) is 36.8 Å². The number of benzene rings is 1. The maximum Gasteiger partial charge on any atom is 0.116 e. The first kappa shape index (κ1) is 13.3. The van der Waals surface area contributed by atoms with E-state index >= 15 is 0 Å². The zero-order chi connectivity index (χ0) is 14.5. The average Bonchev–Trinajstić information content (AvgIpc) is 2.58. The molecule has 1 unspecified atom stereocenters. The molecule has 0 saturated heterocycles. The molecule has 1 aromatic heterocycles. The quantitative estimate of drug-likeness (QED) is 0.767. The van der Waals surface area contributed by atoms with Gasteiger partial charge in [0.15, 0.2) is 0 Å². The number of hydrogen-bond donors (Lipinski definition) is 0. The second kappa shape index (κ2) is 4.15. The zero-order valence-electron chi connectivity index (χ0n) is 12.9. The Labute approximate surface area is 121 Å². The molecule has 1 heterocycles. The van der Waals surface area contributed by atoms with E-state index in [9.17, 15) is 0 Å². The summed E-state index contributed by atoms with van der Waals surface area (Å²) in [5.74, 6) is 0.616. The highest BCUT2D eigenvalue weighted by molar-refractivity contribution is 5.63. The van der Waals surface area contributed by atoms with Crippen LogP contribution >= 0.6 is 0 Å². The standard InChI is InChI=1S/C18H22N2/c1-12-17(2,3)14-7-6-13(10-15(14)18(12,4)5)16-8-9-19-11-20-16/h6-12H,1-5H3. The Balaban J connectivity index is 2.18. The molecule has 1 aliphatic rings. The second-order valence-electron chi connectivity index (χ2n) is 7.02. The lowest BCUT2D eigenvalue weighted by molar-refractivity contribution is 0.264. The highest BCUT2D eigenvalue weighted by Gasteiger charge is 2.48. The van der Waals surface area contributed by atoms with Gasteiger partial charge in [-0.25, -0.2) is 9.97 Å². The van der Waals surface area contributed by atoms with Crippen molar-refractivity contribution in [2.24, 2.45) is 5.92 Å². The van der Waals surface area contributed by atoms with Crippen molar-refractivity contribution in [2.45, 2.75) is 45.4 Å². The van der Waals surface area contributed by atoms with Crippen molar-refractivity contribution in [3.63, 3.8) is 0 Å². The van der Waals surface area contributed by atoms with Gasteiger partial charge in [0.25, 0.3) is 0 Å². The van der Waals surface area contributed by atoms with Crippen LogP contribution in [0.4, 0.5) is 0 Å². The topological polar surface area (TPSA) is 25.8 Å². The molecule has 0 fully saturated rings. The van der Waals surface area contributed by atoms with E-state index in [1.54, 1.807) is 12.5 Å². The van der Waals surface area contributed by atoms with Crippen LogP contribution in [0.25, 0.3) is 11.3 Å². The first-order valence-electron chi connectivity index (χ1n) is 7.26. The molecular formula is C18H22N2. The molecule has 2 nitrogen and oxygen atoms in total. The molecule has 104 valence electrons. The van der Waals surface area contributed by atoms with Gasteiger partial charge in [0.05, 0.1) is 5.69 Å². The first-order chi connectivity index (χ1) is 9.35. The van der Waals surface area contributed by atoms with Gasteiger partial charge in [-0.05, 0) is 40.0 Å². The maximum absolute atomic E-state index is 4.37. The predicted octanol–water partition coefficient (Wildman–Crippen LogP) is 4.35. The lowest BCUT2D eigenvalue weighted by Gasteiger charge is -2.32. The largest absolute Gasteiger partial charge is 0.245 e. The summed E-state index contributed by atoms with van der Waals surface area (Å²) in [5.41, 5.74) is 5.55. The van der Waals surface area contributed by atoms with Crippen molar-refractivity contribution >= 4 is 0 Å². The van der Waals surface area contributed by atoms with E-state index in [1.807, 2.05) is 6.07 Å². The molecule has 20 heavy (non-hydrogen) atoms. The van der Waals surface area contributed by atoms with Crippen LogP contribution in [-0.4, -0.2) is 9.97 Å². The summed E-state index contributed by atoms with van der Waals surface area (Å²) < 4.78 is 0. The highest BCUT2D eigenvalue weighted by Crippen LogP contribution is 2.54. The van der Waals surface area contributed by atoms with E-state index in [4.69, 9.17) is 0 Å². The zero-order valence-corrected chi connectivity index (χ0v) is 12.9. The van der Waals surface area contributed by atoms with Crippen molar-refractivity contribution in [1.29, 1.82) is 0 Å². The third kappa shape index (κ3) is 1.71. The minimum absolute atomic E-state index is 0.196. The van der Waals surface area contributed by atoms with Gasteiger partial charge in [-0.3, -0.25) is 0 Å². The third-order valence-corrected chi connectivity index (χ3v) is 5.45. The van der Waals surface area contributed by atoms with Crippen LogP contribution in [0.2, 0.25) is 0 Å². The Morgan fingerprint density at radius 3 is 2.30 bits per heavy atom. The molecule has 0 bridgehead atoms. The number of aromatic nitrogens is 2. The smallest absolute Gasteiger partial charge is 0.116 e. The van der Waals surface area contributed by atoms with Crippen molar-refractivity contribution in [3.8, 4) is 11.3 Å². The van der Waals surface area contributed by atoms with E-state index in [0.717, 1.165) is 5.69 Å². The van der Waals surface area contributed by atoms with E-state index in [0.29, 0.717) is 5.92 Å². The monoisotopic (exact) mass is 266 g/mol. The van der Waals surface area contributed by atoms with Gasteiger partial charge < -0.3 is 0 Å². The number of fused-ring (bicyclic) bond motifs is 1. The van der Waals surface area contributed by atoms with Crippen LogP contribution in [0.3, 0.4) is 0 Å². The van der Waals surface area contributed by atoms with Crippen molar-refractivity contribution < 1.29 is 0 Å². The van der Waals surface area contributed by atoms with E-state index in [1.165, 1.54) is 16.7 Å². The summed E-state index contributed by atoms with van der Waals surface area (Å²) >= 11 is 0. The lowest BCUT2D eigenvalue weighted by atomic mass is 9.71. The Hall–Kier alpha value is -1.70. The van der Waals surface area contributed by atoms with Gasteiger partial charge in [-0.15, -0.1) is 0 Å². The lowest BCUT2D eigenvalue weighted by Crippen LogP contribution is -2.30. The third-order valence-electron chi connectivity index (χ3n) is 5.45. The summed E-state index contributed by atoms with van der Waals surface area (Å²) in [4.78, 5) is 8.36. The summed E-state index contributed by atoms with van der Waals surface area (Å²) in [6.07, 6.45) is 3.41.